The number of carbonyl (C=O) groups excluding carboxylic acids is 1. The highest BCUT2D eigenvalue weighted by atomic mass is 16.4. The van der Waals surface area contributed by atoms with Crippen molar-refractivity contribution in [3.63, 3.8) is 0 Å². The van der Waals surface area contributed by atoms with Crippen LogP contribution in [0, 0.1) is 56.7 Å². The van der Waals surface area contributed by atoms with Crippen LogP contribution in [-0.2, 0) is 4.79 Å². The van der Waals surface area contributed by atoms with Crippen molar-refractivity contribution < 1.29 is 24.9 Å². The summed E-state index contributed by atoms with van der Waals surface area (Å²) < 4.78 is 0. The number of amides is 1. The van der Waals surface area contributed by atoms with Crippen molar-refractivity contribution in [2.75, 3.05) is 39.4 Å². The Bertz CT molecular complexity index is 1510. The van der Waals surface area contributed by atoms with Gasteiger partial charge in [0.1, 0.15) is 0 Å². The van der Waals surface area contributed by atoms with Gasteiger partial charge in [0, 0.05) is 26.2 Å². The highest BCUT2D eigenvalue weighted by Crippen LogP contribution is 2.77. The Labute approximate surface area is 307 Å². The quantitative estimate of drug-likeness (QED) is 0.165. The zero-order valence-electron chi connectivity index (χ0n) is 32.4. The molecular weight excluding hydrogens is 636 g/mol. The molecule has 4 N–H and O–H groups in total. The lowest BCUT2D eigenvalue weighted by atomic mass is 9.32. The lowest BCUT2D eigenvalue weighted by Gasteiger charge is -2.72. The van der Waals surface area contributed by atoms with Crippen LogP contribution in [0.15, 0.2) is 42.5 Å². The van der Waals surface area contributed by atoms with Crippen LogP contribution in [-0.4, -0.2) is 71.5 Å². The van der Waals surface area contributed by atoms with Gasteiger partial charge in [-0.3, -0.25) is 9.69 Å². The fourth-order valence-electron chi connectivity index (χ4n) is 13.7. The molecule has 4 fully saturated rings. The van der Waals surface area contributed by atoms with Crippen LogP contribution in [0.4, 0.5) is 0 Å². The zero-order chi connectivity index (χ0) is 37.0. The molecule has 4 saturated carbocycles. The van der Waals surface area contributed by atoms with E-state index in [2.05, 4.69) is 59.5 Å². The molecule has 5 aliphatic carbocycles. The minimum Gasteiger partial charge on any atom is -0.478 e. The van der Waals surface area contributed by atoms with E-state index in [1.165, 1.54) is 36.8 Å². The molecule has 1 amide bonds. The number of rotatable bonds is 12. The maximum absolute atomic E-state index is 14.5. The molecule has 7 heteroatoms. The van der Waals surface area contributed by atoms with E-state index in [9.17, 15) is 24.9 Å². The zero-order valence-corrected chi connectivity index (χ0v) is 32.4. The summed E-state index contributed by atoms with van der Waals surface area (Å²) in [6, 6.07) is 7.51. The number of nitrogens with one attached hydrogen (secondary N) is 1. The van der Waals surface area contributed by atoms with Crippen molar-refractivity contribution in [1.82, 2.24) is 10.2 Å². The number of carbonyl (C=O) groups is 2. The van der Waals surface area contributed by atoms with Gasteiger partial charge >= 0.3 is 5.97 Å². The van der Waals surface area contributed by atoms with E-state index in [1.54, 1.807) is 12.1 Å². The number of fused-ring (bicyclic) bond motifs is 7. The Morgan fingerprint density at radius 2 is 1.55 bits per heavy atom. The van der Waals surface area contributed by atoms with E-state index in [0.717, 1.165) is 44.1 Å². The molecule has 9 atom stereocenters. The van der Waals surface area contributed by atoms with Crippen molar-refractivity contribution in [2.24, 2.45) is 56.7 Å². The summed E-state index contributed by atoms with van der Waals surface area (Å²) in [7, 11) is 0. The number of allylic oxidation sites excluding steroid dienone is 3. The van der Waals surface area contributed by atoms with E-state index in [0.29, 0.717) is 61.3 Å². The normalized spacial score (nSPS) is 38.1. The number of benzene rings is 1. The fraction of sp³-hybridized carbons (Fsp3) is 0.727. The summed E-state index contributed by atoms with van der Waals surface area (Å²) >= 11 is 0. The standard InChI is InChI=1S/C44H66N2O5/c1-8-29(2)32-15-20-44(39(51)45-23-24-46(25-27-47)26-28-48)22-21-42(6)34(37(32)44)13-14-36-41(5)18-16-33(30-9-11-31(12-10-30)38(49)50)40(3,4)35(41)17-19-43(36,42)7/h9-12,16,32,34-37,47-48H,2,8,13-15,17-28H2,1,3-7H3,(H,45,51)(H,49,50). The van der Waals surface area contributed by atoms with Crippen LogP contribution in [0.25, 0.3) is 5.57 Å². The van der Waals surface area contributed by atoms with Gasteiger partial charge in [0.05, 0.1) is 24.2 Å². The number of aliphatic hydroxyl groups excluding tert-OH is 2. The third kappa shape index (κ3) is 5.96. The molecule has 0 aliphatic heterocycles. The van der Waals surface area contributed by atoms with Gasteiger partial charge in [-0.15, -0.1) is 0 Å². The fourth-order valence-corrected chi connectivity index (χ4v) is 13.7. The highest BCUT2D eigenvalue weighted by Gasteiger charge is 2.71. The largest absolute Gasteiger partial charge is 0.478 e. The minimum atomic E-state index is -0.884. The van der Waals surface area contributed by atoms with Crippen LogP contribution < -0.4 is 5.32 Å². The van der Waals surface area contributed by atoms with Crippen LogP contribution in [0.5, 0.6) is 0 Å². The Hall–Kier alpha value is -2.48. The first-order valence-electron chi connectivity index (χ1n) is 20.1. The van der Waals surface area contributed by atoms with Crippen LogP contribution >= 0.6 is 0 Å². The van der Waals surface area contributed by atoms with Crippen LogP contribution in [0.2, 0.25) is 0 Å². The molecule has 9 unspecified atom stereocenters. The van der Waals surface area contributed by atoms with Gasteiger partial charge in [-0.25, -0.2) is 4.79 Å². The number of nitrogens with zero attached hydrogens (tertiary/aromatic N) is 1. The van der Waals surface area contributed by atoms with Crippen LogP contribution in [0.3, 0.4) is 0 Å². The monoisotopic (exact) mass is 702 g/mol. The number of carboxylic acids is 1. The minimum absolute atomic E-state index is 0.0318. The molecule has 0 spiro atoms. The number of aromatic carboxylic acids is 1. The molecule has 5 aliphatic rings. The van der Waals surface area contributed by atoms with Gasteiger partial charge in [-0.2, -0.15) is 0 Å². The third-order valence-corrected chi connectivity index (χ3v) is 16.4. The van der Waals surface area contributed by atoms with Crippen molar-refractivity contribution in [1.29, 1.82) is 0 Å². The predicted octanol–water partition coefficient (Wildman–Crippen LogP) is 7.83. The second-order valence-electron chi connectivity index (χ2n) is 18.5. The number of aliphatic hydroxyl groups is 2. The van der Waals surface area contributed by atoms with Gasteiger partial charge < -0.3 is 20.6 Å². The summed E-state index contributed by atoms with van der Waals surface area (Å²) in [6.45, 7) is 21.8. The summed E-state index contributed by atoms with van der Waals surface area (Å²) in [4.78, 5) is 28.1. The van der Waals surface area contributed by atoms with Gasteiger partial charge in [0.25, 0.3) is 0 Å². The topological polar surface area (TPSA) is 110 Å². The molecule has 1 aromatic carbocycles. The molecule has 0 aromatic heterocycles. The first-order valence-corrected chi connectivity index (χ1v) is 20.1. The highest BCUT2D eigenvalue weighted by molar-refractivity contribution is 5.88. The molecule has 0 heterocycles. The second kappa shape index (κ2) is 14.1. The average Bonchev–Trinajstić information content (AvgIpc) is 3.49. The van der Waals surface area contributed by atoms with Crippen molar-refractivity contribution in [3.8, 4) is 0 Å². The maximum atomic E-state index is 14.5. The number of hydrogen-bond donors (Lipinski definition) is 4. The Morgan fingerprint density at radius 1 is 0.863 bits per heavy atom. The molecule has 1 aromatic rings. The molecule has 282 valence electrons. The second-order valence-corrected chi connectivity index (χ2v) is 18.5. The Balaban J connectivity index is 1.29. The molecule has 6 rings (SSSR count). The molecular formula is C44H66N2O5. The number of carboxylic acid groups (broad SMARTS) is 1. The van der Waals surface area contributed by atoms with E-state index in [-0.39, 0.29) is 46.2 Å². The maximum Gasteiger partial charge on any atom is 0.335 e. The SMILES string of the molecule is C=C(CC)C1CCC2(C(=O)NCCN(CCO)CCO)CCC3(C)C(CCC4C5(C)CC=C(c6ccc(C(=O)O)cc6)C(C)(C)C5CCC43C)C12. The van der Waals surface area contributed by atoms with Gasteiger partial charge in [0.15, 0.2) is 0 Å². The van der Waals surface area contributed by atoms with E-state index in [4.69, 9.17) is 0 Å². The average molecular weight is 703 g/mol. The first-order chi connectivity index (χ1) is 24.1. The van der Waals surface area contributed by atoms with Crippen LogP contribution in [0.1, 0.15) is 122 Å². The smallest absolute Gasteiger partial charge is 0.335 e. The Kier molecular flexibility index (Phi) is 10.5. The third-order valence-electron chi connectivity index (χ3n) is 16.4. The molecule has 7 nitrogen and oxygen atoms in total. The van der Waals surface area contributed by atoms with Gasteiger partial charge in [0.2, 0.25) is 5.91 Å². The van der Waals surface area contributed by atoms with Crippen molar-refractivity contribution >= 4 is 17.4 Å². The lowest BCUT2D eigenvalue weighted by Crippen LogP contribution is -2.66. The molecule has 0 radical (unpaired) electrons. The van der Waals surface area contributed by atoms with Gasteiger partial charge in [-0.1, -0.05) is 71.9 Å². The van der Waals surface area contributed by atoms with Crippen molar-refractivity contribution in [2.45, 2.75) is 106 Å². The van der Waals surface area contributed by atoms with E-state index in [1.807, 2.05) is 17.0 Å². The summed E-state index contributed by atoms with van der Waals surface area (Å²) in [5, 5.41) is 31.9. The predicted molar refractivity (Wildman–Crippen MR) is 204 cm³/mol. The first kappa shape index (κ1) is 38.3. The van der Waals surface area contributed by atoms with E-state index < -0.39 is 5.97 Å². The summed E-state index contributed by atoms with van der Waals surface area (Å²) in [5.41, 5.74) is 4.24. The summed E-state index contributed by atoms with van der Waals surface area (Å²) in [5.74, 6) is 1.63. The molecule has 0 saturated heterocycles. The molecule has 0 bridgehead atoms. The van der Waals surface area contributed by atoms with E-state index >= 15 is 0 Å². The van der Waals surface area contributed by atoms with Crippen molar-refractivity contribution in [3.05, 3.63) is 53.6 Å². The molecule has 51 heavy (non-hydrogen) atoms. The summed E-state index contributed by atoms with van der Waals surface area (Å²) in [6.07, 6.45) is 13.3. The Morgan fingerprint density at radius 3 is 2.18 bits per heavy atom. The lowest BCUT2D eigenvalue weighted by molar-refractivity contribution is -0.225. The number of hydrogen-bond acceptors (Lipinski definition) is 5. The van der Waals surface area contributed by atoms with Gasteiger partial charge in [-0.05, 0) is 139 Å².